The summed E-state index contributed by atoms with van der Waals surface area (Å²) in [6.45, 7) is 22.7. The number of allylic oxidation sites excluding steroid dienone is 2. The van der Waals surface area contributed by atoms with Crippen LogP contribution in [0.1, 0.15) is 27.7 Å². The van der Waals surface area contributed by atoms with Crippen LogP contribution in [0.2, 0.25) is 0 Å². The van der Waals surface area contributed by atoms with Gasteiger partial charge in [0.05, 0.1) is 12.2 Å². The van der Waals surface area contributed by atoms with E-state index in [9.17, 15) is 0 Å². The summed E-state index contributed by atoms with van der Waals surface area (Å²) in [6, 6.07) is 0. The van der Waals surface area contributed by atoms with E-state index < -0.39 is 0 Å². The molecule has 0 amide bonds. The summed E-state index contributed by atoms with van der Waals surface area (Å²) >= 11 is 5.15. The van der Waals surface area contributed by atoms with Gasteiger partial charge in [0.1, 0.15) is 0 Å². The lowest BCUT2D eigenvalue weighted by Crippen LogP contribution is -2.26. The maximum absolute atomic E-state index is 5.84. The van der Waals surface area contributed by atoms with Gasteiger partial charge < -0.3 is 4.74 Å². The van der Waals surface area contributed by atoms with Crippen LogP contribution < -0.4 is 0 Å². The highest BCUT2D eigenvalue weighted by Gasteiger charge is 2.16. The Morgan fingerprint density at radius 3 is 1.33 bits per heavy atom. The van der Waals surface area contributed by atoms with E-state index in [1.54, 1.807) is 0 Å². The quantitative estimate of drug-likeness (QED) is 0.448. The Bertz CT molecular complexity index is 248. The topological polar surface area (TPSA) is 9.23 Å². The fraction of sp³-hybridized carbons (Fsp3) is 0.500. The van der Waals surface area contributed by atoms with Gasteiger partial charge in [-0.25, -0.2) is 0 Å². The molecule has 0 aromatic carbocycles. The van der Waals surface area contributed by atoms with Gasteiger partial charge in [-0.05, 0) is 11.8 Å². The molecule has 0 radical (unpaired) electrons. The third-order valence-electron chi connectivity index (χ3n) is 2.31. The third kappa shape index (κ3) is 10.4. The molecule has 0 saturated heterocycles. The fourth-order valence-electron chi connectivity index (χ4n) is 1.15. The molecule has 0 aromatic heterocycles. The molecule has 2 heteroatoms. The van der Waals surface area contributed by atoms with E-state index in [0.717, 1.165) is 0 Å². The zero-order chi connectivity index (χ0) is 14.7. The van der Waals surface area contributed by atoms with Crippen molar-refractivity contribution in [3.05, 3.63) is 49.6 Å². The normalized spacial score (nSPS) is 13.3. The largest absolute Gasteiger partial charge is 0.366 e. The molecule has 2 unspecified atom stereocenters. The second-order valence-electron chi connectivity index (χ2n) is 4.68. The molecule has 0 spiro atoms. The van der Waals surface area contributed by atoms with E-state index in [0.29, 0.717) is 16.9 Å². The summed E-state index contributed by atoms with van der Waals surface area (Å²) < 4.78 is 5.84. The Morgan fingerprint density at radius 2 is 1.22 bits per heavy atom. The number of hydrogen-bond acceptors (Lipinski definition) is 1. The summed E-state index contributed by atoms with van der Waals surface area (Å²) in [5.74, 6) is 0.942. The van der Waals surface area contributed by atoms with Crippen LogP contribution in [0.5, 0.6) is 0 Å². The highest BCUT2D eigenvalue weighted by Crippen LogP contribution is 2.15. The lowest BCUT2D eigenvalue weighted by atomic mass is 10.0. The van der Waals surface area contributed by atoms with Gasteiger partial charge in [-0.1, -0.05) is 70.7 Å². The fourth-order valence-corrected chi connectivity index (χ4v) is 1.15. The van der Waals surface area contributed by atoms with Gasteiger partial charge in [0.15, 0.2) is 0 Å². The van der Waals surface area contributed by atoms with Crippen molar-refractivity contribution in [3.8, 4) is 0 Å². The number of hydrogen-bond donors (Lipinski definition) is 0. The minimum Gasteiger partial charge on any atom is -0.366 e. The molecule has 0 aliphatic rings. The predicted octanol–water partition coefficient (Wildman–Crippen LogP) is 5.35. The second-order valence-corrected chi connectivity index (χ2v) is 5.16. The van der Waals surface area contributed by atoms with Gasteiger partial charge in [0.25, 0.3) is 0 Å². The molecule has 0 saturated carbocycles. The van der Waals surface area contributed by atoms with Crippen LogP contribution in [0.3, 0.4) is 0 Å². The van der Waals surface area contributed by atoms with Crippen LogP contribution in [0.4, 0.5) is 0 Å². The molecule has 0 bridgehead atoms. The Balaban J connectivity index is 0. The Labute approximate surface area is 118 Å². The monoisotopic (exact) mass is 270 g/mol. The van der Waals surface area contributed by atoms with Gasteiger partial charge in [-0.3, -0.25) is 0 Å². The third-order valence-corrected chi connectivity index (χ3v) is 2.47. The van der Waals surface area contributed by atoms with E-state index in [-0.39, 0.29) is 12.2 Å². The molecular formula is C16H27ClO. The van der Waals surface area contributed by atoms with Crippen molar-refractivity contribution in [2.45, 2.75) is 39.9 Å². The van der Waals surface area contributed by atoms with Crippen molar-refractivity contribution in [2.75, 3.05) is 0 Å². The SMILES string of the molecule is C=CC(=C)Cl.C=CC(OC(C=C)C(C)C)C(C)C. The van der Waals surface area contributed by atoms with Crippen molar-refractivity contribution < 1.29 is 4.74 Å². The molecule has 0 N–H and O–H groups in total. The summed E-state index contributed by atoms with van der Waals surface area (Å²) in [5.41, 5.74) is 0. The van der Waals surface area contributed by atoms with Crippen LogP contribution in [-0.2, 0) is 4.74 Å². The maximum atomic E-state index is 5.84. The van der Waals surface area contributed by atoms with Crippen molar-refractivity contribution in [1.82, 2.24) is 0 Å². The maximum Gasteiger partial charge on any atom is 0.0784 e. The molecule has 0 rings (SSSR count). The molecule has 0 aliphatic carbocycles. The highest BCUT2D eigenvalue weighted by molar-refractivity contribution is 6.30. The Hall–Kier alpha value is -0.790. The van der Waals surface area contributed by atoms with Crippen molar-refractivity contribution in [1.29, 1.82) is 0 Å². The van der Waals surface area contributed by atoms with Gasteiger partial charge in [0.2, 0.25) is 0 Å². The van der Waals surface area contributed by atoms with Gasteiger partial charge in [0, 0.05) is 5.03 Å². The van der Waals surface area contributed by atoms with Gasteiger partial charge in [-0.2, -0.15) is 0 Å². The van der Waals surface area contributed by atoms with Crippen LogP contribution in [0.25, 0.3) is 0 Å². The minimum absolute atomic E-state index is 0.130. The molecule has 104 valence electrons. The summed E-state index contributed by atoms with van der Waals surface area (Å²) in [6.07, 6.45) is 5.48. The first-order chi connectivity index (χ1) is 8.29. The van der Waals surface area contributed by atoms with Crippen LogP contribution >= 0.6 is 11.6 Å². The Morgan fingerprint density at radius 1 is 0.944 bits per heavy atom. The highest BCUT2D eigenvalue weighted by atomic mass is 35.5. The van der Waals surface area contributed by atoms with E-state index in [1.165, 1.54) is 6.08 Å². The summed E-state index contributed by atoms with van der Waals surface area (Å²) in [4.78, 5) is 0. The average molecular weight is 271 g/mol. The van der Waals surface area contributed by atoms with Crippen LogP contribution in [-0.4, -0.2) is 12.2 Å². The Kier molecular flexibility index (Phi) is 12.3. The zero-order valence-corrected chi connectivity index (χ0v) is 12.9. The van der Waals surface area contributed by atoms with Crippen molar-refractivity contribution >= 4 is 11.6 Å². The summed E-state index contributed by atoms with van der Waals surface area (Å²) in [7, 11) is 0. The van der Waals surface area contributed by atoms with E-state index in [2.05, 4.69) is 54.0 Å². The summed E-state index contributed by atoms with van der Waals surface area (Å²) in [5, 5.41) is 0.491. The van der Waals surface area contributed by atoms with E-state index in [4.69, 9.17) is 16.3 Å². The lowest BCUT2D eigenvalue weighted by molar-refractivity contribution is -0.00550. The molecule has 18 heavy (non-hydrogen) atoms. The van der Waals surface area contributed by atoms with Gasteiger partial charge >= 0.3 is 0 Å². The minimum atomic E-state index is 0.130. The van der Waals surface area contributed by atoms with Crippen molar-refractivity contribution in [3.63, 3.8) is 0 Å². The number of ether oxygens (including phenoxy) is 1. The molecule has 0 heterocycles. The molecule has 0 fully saturated rings. The van der Waals surface area contributed by atoms with Crippen molar-refractivity contribution in [2.24, 2.45) is 11.8 Å². The first kappa shape index (κ1) is 19.5. The molecular weight excluding hydrogens is 244 g/mol. The molecule has 1 nitrogen and oxygen atoms in total. The standard InChI is InChI=1S/C12H22O.C4H5Cl/c1-7-11(9(3)4)13-12(8-2)10(5)6;1-3-4(2)5/h7-12H,1-2H2,3-6H3;3H,1-2H2. The average Bonchev–Trinajstić information content (AvgIpc) is 2.30. The molecule has 2 atom stereocenters. The van der Waals surface area contributed by atoms with Crippen LogP contribution in [0, 0.1) is 11.8 Å². The molecule has 0 aliphatic heterocycles. The second kappa shape index (κ2) is 11.3. The lowest BCUT2D eigenvalue weighted by Gasteiger charge is -2.25. The smallest absolute Gasteiger partial charge is 0.0784 e. The number of rotatable bonds is 7. The van der Waals surface area contributed by atoms with E-state index >= 15 is 0 Å². The molecule has 0 aromatic rings. The number of halogens is 1. The van der Waals surface area contributed by atoms with Crippen LogP contribution in [0.15, 0.2) is 49.6 Å². The predicted molar refractivity (Wildman–Crippen MR) is 83.9 cm³/mol. The first-order valence-electron chi connectivity index (χ1n) is 6.17. The van der Waals surface area contributed by atoms with E-state index in [1.807, 2.05) is 12.2 Å². The zero-order valence-electron chi connectivity index (χ0n) is 12.2. The first-order valence-corrected chi connectivity index (χ1v) is 6.55. The van der Waals surface area contributed by atoms with Gasteiger partial charge in [-0.15, -0.1) is 13.2 Å².